The van der Waals surface area contributed by atoms with Gasteiger partial charge in [-0.3, -0.25) is 4.98 Å². The summed E-state index contributed by atoms with van der Waals surface area (Å²) in [5.41, 5.74) is -1.40. The fourth-order valence-corrected chi connectivity index (χ4v) is 3.26. The zero-order valence-corrected chi connectivity index (χ0v) is 17.9. The number of nitrogens with zero attached hydrogens (tertiary/aromatic N) is 4. The van der Waals surface area contributed by atoms with E-state index in [0.29, 0.717) is 0 Å². The minimum atomic E-state index is -4.57. The molecule has 1 N–H and O–H groups in total. The molecule has 12 heteroatoms. The highest BCUT2D eigenvalue weighted by molar-refractivity contribution is 6.19. The van der Waals surface area contributed by atoms with Crippen LogP contribution in [0.15, 0.2) is 73.1 Å². The Bertz CT molecular complexity index is 1410. The molecule has 4 aromatic rings. The minimum absolute atomic E-state index is 0.0218. The van der Waals surface area contributed by atoms with Gasteiger partial charge in [-0.15, -0.1) is 5.10 Å². The van der Waals surface area contributed by atoms with Crippen LogP contribution < -0.4 is 0 Å². The summed E-state index contributed by atoms with van der Waals surface area (Å²) in [7, 11) is 0. The molecular formula is C24H14F6N4O2. The van der Waals surface area contributed by atoms with E-state index < -0.39 is 29.4 Å². The van der Waals surface area contributed by atoms with E-state index in [1.807, 2.05) is 0 Å². The second kappa shape index (κ2) is 9.29. The molecule has 0 unspecified atom stereocenters. The average molecular weight is 504 g/mol. The van der Waals surface area contributed by atoms with Crippen molar-refractivity contribution in [3.63, 3.8) is 0 Å². The van der Waals surface area contributed by atoms with Crippen LogP contribution in [0.4, 0.5) is 26.3 Å². The van der Waals surface area contributed by atoms with Gasteiger partial charge < -0.3 is 5.11 Å². The van der Waals surface area contributed by atoms with Crippen LogP contribution in [-0.2, 0) is 17.1 Å². The monoisotopic (exact) mass is 504 g/mol. The number of aromatic nitrogens is 4. The van der Waals surface area contributed by atoms with E-state index >= 15 is 0 Å². The molecule has 0 spiro atoms. The molecular weight excluding hydrogens is 490 g/mol. The van der Waals surface area contributed by atoms with Crippen LogP contribution in [0.2, 0.25) is 0 Å². The first-order valence-corrected chi connectivity index (χ1v) is 10.1. The van der Waals surface area contributed by atoms with Gasteiger partial charge in [0.05, 0.1) is 16.7 Å². The summed E-state index contributed by atoms with van der Waals surface area (Å²) < 4.78 is 78.8. The number of hydrogen-bond donors (Lipinski definition) is 1. The summed E-state index contributed by atoms with van der Waals surface area (Å²) in [6, 6.07) is 10.8. The highest BCUT2D eigenvalue weighted by Gasteiger charge is 2.31. The van der Waals surface area contributed by atoms with Gasteiger partial charge in [-0.2, -0.15) is 26.3 Å². The van der Waals surface area contributed by atoms with Crippen LogP contribution >= 0.6 is 0 Å². The van der Waals surface area contributed by atoms with Crippen molar-refractivity contribution in [2.45, 2.75) is 12.4 Å². The van der Waals surface area contributed by atoms with Crippen molar-refractivity contribution in [1.82, 2.24) is 19.7 Å². The number of hydrogen-bond acceptors (Lipinski definition) is 4. The molecule has 0 radical (unpaired) electrons. The van der Waals surface area contributed by atoms with E-state index in [4.69, 9.17) is 0 Å². The number of carboxylic acids is 1. The van der Waals surface area contributed by atoms with Crippen molar-refractivity contribution >= 4 is 17.7 Å². The molecule has 2 aromatic heterocycles. The second-order valence-electron chi connectivity index (χ2n) is 7.44. The van der Waals surface area contributed by atoms with E-state index in [0.717, 1.165) is 59.4 Å². The molecule has 36 heavy (non-hydrogen) atoms. The number of benzene rings is 2. The van der Waals surface area contributed by atoms with Crippen LogP contribution in [0.1, 0.15) is 16.7 Å². The van der Waals surface area contributed by atoms with Gasteiger partial charge in [-0.25, -0.2) is 14.5 Å². The number of carbonyl (C=O) groups is 1. The number of pyridine rings is 1. The summed E-state index contributed by atoms with van der Waals surface area (Å²) in [6.45, 7) is 0. The predicted octanol–water partition coefficient (Wildman–Crippen LogP) is 6.13. The Hall–Kier alpha value is -4.48. The molecule has 184 valence electrons. The summed E-state index contributed by atoms with van der Waals surface area (Å²) in [4.78, 5) is 20.0. The Morgan fingerprint density at radius 3 is 1.75 bits per heavy atom. The first-order valence-electron chi connectivity index (χ1n) is 10.1. The van der Waals surface area contributed by atoms with Crippen LogP contribution in [0.3, 0.4) is 0 Å². The first kappa shape index (κ1) is 24.6. The molecule has 0 fully saturated rings. The molecule has 0 atom stereocenters. The molecule has 0 bridgehead atoms. The lowest BCUT2D eigenvalue weighted by Crippen LogP contribution is -2.05. The van der Waals surface area contributed by atoms with Crippen molar-refractivity contribution in [1.29, 1.82) is 0 Å². The highest BCUT2D eigenvalue weighted by atomic mass is 19.4. The third-order valence-corrected chi connectivity index (χ3v) is 5.05. The normalized spacial score (nSPS) is 12.6. The maximum atomic E-state index is 13.0. The quantitative estimate of drug-likeness (QED) is 0.261. The van der Waals surface area contributed by atoms with Crippen molar-refractivity contribution in [3.8, 4) is 22.8 Å². The minimum Gasteiger partial charge on any atom is -0.478 e. The van der Waals surface area contributed by atoms with Crippen molar-refractivity contribution in [3.05, 3.63) is 89.7 Å². The molecule has 0 aliphatic rings. The van der Waals surface area contributed by atoms with Gasteiger partial charge in [0.15, 0.2) is 11.6 Å². The van der Waals surface area contributed by atoms with E-state index in [1.54, 1.807) is 0 Å². The van der Waals surface area contributed by atoms with E-state index in [-0.39, 0.29) is 33.9 Å². The lowest BCUT2D eigenvalue weighted by molar-refractivity contribution is -0.138. The Morgan fingerprint density at radius 1 is 0.778 bits per heavy atom. The number of halogens is 6. The fraction of sp³-hybridized carbons (Fsp3) is 0.0833. The Balaban J connectivity index is 1.86. The molecule has 2 heterocycles. The van der Waals surface area contributed by atoms with Crippen LogP contribution in [-0.4, -0.2) is 30.8 Å². The van der Waals surface area contributed by atoms with E-state index in [9.17, 15) is 36.2 Å². The molecule has 4 rings (SSSR count). The largest absolute Gasteiger partial charge is 0.478 e. The highest BCUT2D eigenvalue weighted by Crippen LogP contribution is 2.33. The van der Waals surface area contributed by atoms with Crippen molar-refractivity contribution < 1.29 is 36.2 Å². The van der Waals surface area contributed by atoms with E-state index in [1.165, 1.54) is 24.5 Å². The zero-order chi connectivity index (χ0) is 26.1. The summed E-state index contributed by atoms with van der Waals surface area (Å²) in [6.07, 6.45) is -5.27. The summed E-state index contributed by atoms with van der Waals surface area (Å²) >= 11 is 0. The third-order valence-electron chi connectivity index (χ3n) is 5.05. The SMILES string of the molecule is O=C(O)C(=Cn1nc(-c2ccc(C(F)(F)F)cc2)nc1-c1ccc(C(F)(F)F)cc1)c1ccncc1. The van der Waals surface area contributed by atoms with Gasteiger partial charge in [-0.05, 0) is 42.0 Å². The molecule has 2 aromatic carbocycles. The number of alkyl halides is 6. The molecule has 0 saturated carbocycles. The molecule has 0 amide bonds. The predicted molar refractivity (Wildman–Crippen MR) is 117 cm³/mol. The number of carboxylic acid groups (broad SMARTS) is 1. The number of aliphatic carboxylic acids is 1. The number of rotatable bonds is 5. The standard InChI is InChI=1S/C24H14F6N4O2/c25-23(26,27)17-5-1-15(2-6-17)20-32-21(16-3-7-18(8-4-16)24(28,29)30)34(33-20)13-19(22(35)36)14-9-11-31-12-10-14/h1-13H,(H,35,36). The van der Waals surface area contributed by atoms with Crippen LogP contribution in [0.5, 0.6) is 0 Å². The Labute approximate surface area is 199 Å². The van der Waals surface area contributed by atoms with Crippen molar-refractivity contribution in [2.24, 2.45) is 0 Å². The maximum absolute atomic E-state index is 13.0. The zero-order valence-electron chi connectivity index (χ0n) is 17.9. The van der Waals surface area contributed by atoms with Gasteiger partial charge in [0.25, 0.3) is 0 Å². The van der Waals surface area contributed by atoms with Crippen molar-refractivity contribution in [2.75, 3.05) is 0 Å². The lowest BCUT2D eigenvalue weighted by Gasteiger charge is -2.08. The Morgan fingerprint density at radius 2 is 1.28 bits per heavy atom. The van der Waals surface area contributed by atoms with Gasteiger partial charge >= 0.3 is 18.3 Å². The smallest absolute Gasteiger partial charge is 0.416 e. The molecule has 0 aliphatic heterocycles. The molecule has 6 nitrogen and oxygen atoms in total. The summed E-state index contributed by atoms with van der Waals surface area (Å²) in [5.74, 6) is -1.41. The van der Waals surface area contributed by atoms with Gasteiger partial charge in [0.1, 0.15) is 0 Å². The van der Waals surface area contributed by atoms with Crippen LogP contribution in [0, 0.1) is 0 Å². The first-order chi connectivity index (χ1) is 16.9. The maximum Gasteiger partial charge on any atom is 0.416 e. The van der Waals surface area contributed by atoms with Crippen LogP contribution in [0.25, 0.3) is 34.5 Å². The Kier molecular flexibility index (Phi) is 6.35. The van der Waals surface area contributed by atoms with E-state index in [2.05, 4.69) is 15.1 Å². The second-order valence-corrected chi connectivity index (χ2v) is 7.44. The molecule has 0 aliphatic carbocycles. The lowest BCUT2D eigenvalue weighted by atomic mass is 10.1. The topological polar surface area (TPSA) is 80.9 Å². The van der Waals surface area contributed by atoms with Gasteiger partial charge in [-0.1, -0.05) is 24.3 Å². The average Bonchev–Trinajstić information content (AvgIpc) is 3.26. The molecule has 0 saturated heterocycles. The third kappa shape index (κ3) is 5.27. The summed E-state index contributed by atoms with van der Waals surface area (Å²) in [5, 5.41) is 13.9. The fourth-order valence-electron chi connectivity index (χ4n) is 3.26. The van der Waals surface area contributed by atoms with Gasteiger partial charge in [0, 0.05) is 29.7 Å². The van der Waals surface area contributed by atoms with Gasteiger partial charge in [0.2, 0.25) is 0 Å².